The van der Waals surface area contributed by atoms with E-state index < -0.39 is 5.97 Å². The number of halogens is 1. The molecule has 106 valence electrons. The van der Waals surface area contributed by atoms with Gasteiger partial charge >= 0.3 is 5.97 Å². The Bertz CT molecular complexity index is 584. The summed E-state index contributed by atoms with van der Waals surface area (Å²) >= 11 is 7.65. The number of thiophene rings is 1. The van der Waals surface area contributed by atoms with Crippen LogP contribution in [0.15, 0.2) is 35.7 Å². The number of benzene rings is 1. The van der Waals surface area contributed by atoms with Crippen LogP contribution >= 0.6 is 22.9 Å². The number of carbonyl (C=O) groups is 1. The smallest absolute Gasteiger partial charge is 0.340 e. The van der Waals surface area contributed by atoms with Gasteiger partial charge in [-0.2, -0.15) is 0 Å². The second-order valence-electron chi connectivity index (χ2n) is 4.30. The minimum Gasteiger partial charge on any atom is -0.465 e. The van der Waals surface area contributed by atoms with E-state index in [-0.39, 0.29) is 6.04 Å². The molecule has 0 fully saturated rings. The normalized spacial score (nSPS) is 11.9. The molecular formula is C15H16ClNO2S. The SMILES string of the molecule is CCC(Nc1ccc(Cl)cc1C(=O)OC)c1cccs1. The van der Waals surface area contributed by atoms with Crippen LogP contribution in [-0.4, -0.2) is 13.1 Å². The molecule has 1 atom stereocenters. The molecule has 0 saturated carbocycles. The lowest BCUT2D eigenvalue weighted by atomic mass is 10.1. The van der Waals surface area contributed by atoms with Gasteiger partial charge in [-0.25, -0.2) is 4.79 Å². The molecule has 2 rings (SSSR count). The Morgan fingerprint density at radius 1 is 1.45 bits per heavy atom. The van der Waals surface area contributed by atoms with E-state index in [0.717, 1.165) is 12.1 Å². The first-order valence-electron chi connectivity index (χ1n) is 6.33. The first-order valence-corrected chi connectivity index (χ1v) is 7.59. The number of methoxy groups -OCH3 is 1. The molecule has 1 unspecified atom stereocenters. The van der Waals surface area contributed by atoms with E-state index in [0.29, 0.717) is 10.6 Å². The van der Waals surface area contributed by atoms with E-state index in [4.69, 9.17) is 16.3 Å². The summed E-state index contributed by atoms with van der Waals surface area (Å²) in [5.74, 6) is -0.393. The Kier molecular flexibility index (Phi) is 5.04. The Balaban J connectivity index is 2.30. The lowest BCUT2D eigenvalue weighted by molar-refractivity contribution is 0.0602. The highest BCUT2D eigenvalue weighted by Crippen LogP contribution is 2.29. The minimum atomic E-state index is -0.393. The van der Waals surface area contributed by atoms with Gasteiger partial charge in [0.2, 0.25) is 0 Å². The maximum absolute atomic E-state index is 11.8. The van der Waals surface area contributed by atoms with Crippen molar-refractivity contribution in [3.05, 3.63) is 51.2 Å². The van der Waals surface area contributed by atoms with Gasteiger partial charge in [0.25, 0.3) is 0 Å². The summed E-state index contributed by atoms with van der Waals surface area (Å²) in [5, 5.41) is 5.95. The summed E-state index contributed by atoms with van der Waals surface area (Å²) < 4.78 is 4.80. The zero-order valence-electron chi connectivity index (χ0n) is 11.4. The molecule has 1 aromatic heterocycles. The Morgan fingerprint density at radius 2 is 2.25 bits per heavy atom. The van der Waals surface area contributed by atoms with E-state index in [2.05, 4.69) is 18.3 Å². The van der Waals surface area contributed by atoms with Crippen LogP contribution in [0.25, 0.3) is 0 Å². The van der Waals surface area contributed by atoms with Gasteiger partial charge in [0, 0.05) is 15.6 Å². The van der Waals surface area contributed by atoms with Crippen molar-refractivity contribution in [1.29, 1.82) is 0 Å². The van der Waals surface area contributed by atoms with Crippen LogP contribution in [0.1, 0.15) is 34.6 Å². The number of carbonyl (C=O) groups excluding carboxylic acids is 1. The van der Waals surface area contributed by atoms with Crippen molar-refractivity contribution in [2.45, 2.75) is 19.4 Å². The van der Waals surface area contributed by atoms with E-state index in [1.54, 1.807) is 23.5 Å². The van der Waals surface area contributed by atoms with Crippen molar-refractivity contribution in [2.75, 3.05) is 12.4 Å². The Labute approximate surface area is 127 Å². The molecule has 0 aliphatic heterocycles. The number of ether oxygens (including phenoxy) is 1. The van der Waals surface area contributed by atoms with Crippen molar-refractivity contribution >= 4 is 34.6 Å². The largest absolute Gasteiger partial charge is 0.465 e. The average Bonchev–Trinajstić information content (AvgIpc) is 2.99. The third kappa shape index (κ3) is 3.32. The zero-order valence-corrected chi connectivity index (χ0v) is 12.9. The number of hydrogen-bond acceptors (Lipinski definition) is 4. The molecule has 0 aliphatic carbocycles. The molecule has 0 bridgehead atoms. The van der Waals surface area contributed by atoms with Gasteiger partial charge in [0.1, 0.15) is 0 Å². The summed E-state index contributed by atoms with van der Waals surface area (Å²) in [7, 11) is 1.36. The van der Waals surface area contributed by atoms with Gasteiger partial charge in [-0.05, 0) is 36.1 Å². The second-order valence-corrected chi connectivity index (χ2v) is 5.72. The lowest BCUT2D eigenvalue weighted by Crippen LogP contribution is -2.12. The maximum Gasteiger partial charge on any atom is 0.340 e. The molecular weight excluding hydrogens is 294 g/mol. The molecule has 1 aromatic carbocycles. The molecule has 5 heteroatoms. The summed E-state index contributed by atoms with van der Waals surface area (Å²) in [6, 6.07) is 9.46. The lowest BCUT2D eigenvalue weighted by Gasteiger charge is -2.19. The third-order valence-electron chi connectivity index (χ3n) is 3.01. The van der Waals surface area contributed by atoms with E-state index in [1.165, 1.54) is 12.0 Å². The first-order chi connectivity index (χ1) is 9.65. The van der Waals surface area contributed by atoms with Crippen LogP contribution in [0.5, 0.6) is 0 Å². The molecule has 1 N–H and O–H groups in total. The number of hydrogen-bond donors (Lipinski definition) is 1. The van der Waals surface area contributed by atoms with Gasteiger partial charge < -0.3 is 10.1 Å². The summed E-state index contributed by atoms with van der Waals surface area (Å²) in [5.41, 5.74) is 1.19. The molecule has 1 heterocycles. The van der Waals surface area contributed by atoms with Crippen molar-refractivity contribution in [3.8, 4) is 0 Å². The average molecular weight is 310 g/mol. The predicted octanol–water partition coefficient (Wildman–Crippen LogP) is 4.75. The maximum atomic E-state index is 11.8. The minimum absolute atomic E-state index is 0.166. The van der Waals surface area contributed by atoms with Crippen molar-refractivity contribution in [2.24, 2.45) is 0 Å². The highest BCUT2D eigenvalue weighted by molar-refractivity contribution is 7.10. The van der Waals surface area contributed by atoms with Crippen molar-refractivity contribution in [3.63, 3.8) is 0 Å². The van der Waals surface area contributed by atoms with E-state index in [1.807, 2.05) is 17.5 Å². The van der Waals surface area contributed by atoms with Gasteiger partial charge in [0.15, 0.2) is 0 Å². The van der Waals surface area contributed by atoms with Crippen LogP contribution in [0.4, 0.5) is 5.69 Å². The highest BCUT2D eigenvalue weighted by Gasteiger charge is 2.16. The van der Waals surface area contributed by atoms with Crippen LogP contribution in [0, 0.1) is 0 Å². The first kappa shape index (κ1) is 14.9. The summed E-state index contributed by atoms with van der Waals surface area (Å²) in [4.78, 5) is 13.1. The summed E-state index contributed by atoms with van der Waals surface area (Å²) in [6.07, 6.45) is 0.920. The van der Waals surface area contributed by atoms with Crippen molar-refractivity contribution < 1.29 is 9.53 Å². The Hall–Kier alpha value is -1.52. The van der Waals surface area contributed by atoms with Gasteiger partial charge in [-0.15, -0.1) is 11.3 Å². The van der Waals surface area contributed by atoms with Crippen LogP contribution in [-0.2, 0) is 4.74 Å². The van der Waals surface area contributed by atoms with Gasteiger partial charge in [-0.1, -0.05) is 24.6 Å². The van der Waals surface area contributed by atoms with E-state index >= 15 is 0 Å². The fourth-order valence-corrected chi connectivity index (χ4v) is 3.01. The molecule has 0 radical (unpaired) electrons. The van der Waals surface area contributed by atoms with Crippen LogP contribution < -0.4 is 5.32 Å². The fraction of sp³-hybridized carbons (Fsp3) is 0.267. The third-order valence-corrected chi connectivity index (χ3v) is 4.23. The van der Waals surface area contributed by atoms with Crippen molar-refractivity contribution in [1.82, 2.24) is 0 Å². The predicted molar refractivity (Wildman–Crippen MR) is 83.8 cm³/mol. The quantitative estimate of drug-likeness (QED) is 0.810. The molecule has 0 spiro atoms. The van der Waals surface area contributed by atoms with E-state index in [9.17, 15) is 4.79 Å². The second kappa shape index (κ2) is 6.77. The number of rotatable bonds is 5. The monoisotopic (exact) mass is 309 g/mol. The number of esters is 1. The Morgan fingerprint density at radius 3 is 2.85 bits per heavy atom. The molecule has 20 heavy (non-hydrogen) atoms. The molecule has 0 saturated heterocycles. The standard InChI is InChI=1S/C15H16ClNO2S/c1-3-12(14-5-4-8-20-14)17-13-7-6-10(16)9-11(13)15(18)19-2/h4-9,12,17H,3H2,1-2H3. The molecule has 0 aliphatic rings. The zero-order chi connectivity index (χ0) is 14.5. The topological polar surface area (TPSA) is 38.3 Å². The van der Waals surface area contributed by atoms with Gasteiger partial charge in [0.05, 0.1) is 18.7 Å². The number of nitrogens with one attached hydrogen (secondary N) is 1. The summed E-state index contributed by atoms with van der Waals surface area (Å²) in [6.45, 7) is 2.10. The van der Waals surface area contributed by atoms with Crippen LogP contribution in [0.2, 0.25) is 5.02 Å². The molecule has 3 nitrogen and oxygen atoms in total. The molecule has 2 aromatic rings. The van der Waals surface area contributed by atoms with Crippen LogP contribution in [0.3, 0.4) is 0 Å². The fourth-order valence-electron chi connectivity index (χ4n) is 1.97. The molecule has 0 amide bonds. The highest BCUT2D eigenvalue weighted by atomic mass is 35.5. The number of anilines is 1. The van der Waals surface area contributed by atoms with Gasteiger partial charge in [-0.3, -0.25) is 0 Å².